The molecule has 0 atom stereocenters. The molecule has 7 heteroatoms. The van der Waals surface area contributed by atoms with Gasteiger partial charge in [0.25, 0.3) is 5.91 Å². The van der Waals surface area contributed by atoms with Gasteiger partial charge in [-0.05, 0) is 47.0 Å². The maximum atomic E-state index is 12.7. The third-order valence-electron chi connectivity index (χ3n) is 3.59. The summed E-state index contributed by atoms with van der Waals surface area (Å²) in [7, 11) is 0. The van der Waals surface area contributed by atoms with Crippen LogP contribution in [-0.2, 0) is 11.0 Å². The Morgan fingerprint density at radius 3 is 2.59 bits per heavy atom. The number of carbonyl (C=O) groups is 1. The van der Waals surface area contributed by atoms with Gasteiger partial charge in [0.2, 0.25) is 0 Å². The van der Waals surface area contributed by atoms with Crippen molar-refractivity contribution in [3.8, 4) is 5.75 Å². The Morgan fingerprint density at radius 2 is 1.95 bits per heavy atom. The van der Waals surface area contributed by atoms with Crippen LogP contribution < -0.4 is 10.1 Å². The quantitative estimate of drug-likeness (QED) is 0.846. The number of amides is 1. The Kier molecular flexibility index (Phi) is 5.72. The summed E-state index contributed by atoms with van der Waals surface area (Å²) >= 11 is 3.12. The van der Waals surface area contributed by atoms with Gasteiger partial charge < -0.3 is 10.1 Å². The van der Waals surface area contributed by atoms with E-state index in [9.17, 15) is 18.0 Å². The van der Waals surface area contributed by atoms with Gasteiger partial charge in [-0.15, -0.1) is 0 Å². The molecule has 0 spiro atoms. The monoisotopic (exact) mass is 379 g/mol. The number of benzene rings is 1. The second-order valence-corrected chi connectivity index (χ2v) is 6.19. The number of nitrogens with one attached hydrogen (secondary N) is 1. The first-order chi connectivity index (χ1) is 10.4. The van der Waals surface area contributed by atoms with Crippen LogP contribution in [0.5, 0.6) is 5.75 Å². The highest BCUT2D eigenvalue weighted by atomic mass is 79.9. The van der Waals surface area contributed by atoms with E-state index >= 15 is 0 Å². The summed E-state index contributed by atoms with van der Waals surface area (Å²) in [6.07, 6.45) is 0.803. The van der Waals surface area contributed by atoms with E-state index in [2.05, 4.69) is 21.2 Å². The van der Waals surface area contributed by atoms with Crippen molar-refractivity contribution in [2.75, 3.05) is 6.61 Å². The summed E-state index contributed by atoms with van der Waals surface area (Å²) in [4.78, 5) is 11.8. The van der Waals surface area contributed by atoms with Crippen LogP contribution in [-0.4, -0.2) is 18.6 Å². The molecule has 1 amide bonds. The zero-order valence-electron chi connectivity index (χ0n) is 11.9. The molecule has 0 bridgehead atoms. The van der Waals surface area contributed by atoms with Crippen molar-refractivity contribution in [1.29, 1.82) is 0 Å². The van der Waals surface area contributed by atoms with Crippen LogP contribution in [0.3, 0.4) is 0 Å². The first-order valence-corrected chi connectivity index (χ1v) is 7.94. The highest BCUT2D eigenvalue weighted by Crippen LogP contribution is 2.35. The van der Waals surface area contributed by atoms with Gasteiger partial charge >= 0.3 is 6.18 Å². The molecule has 0 aliphatic heterocycles. The zero-order valence-corrected chi connectivity index (χ0v) is 13.5. The molecule has 0 radical (unpaired) electrons. The standard InChI is InChI=1S/C15H17BrF3NO2/c16-12-7-6-10(15(17,18)19)8-13(12)22-9-14(21)20-11-4-2-1-3-5-11/h6-8,11H,1-5,9H2,(H,20,21). The molecule has 0 heterocycles. The molecule has 0 aromatic heterocycles. The summed E-state index contributed by atoms with van der Waals surface area (Å²) in [5.74, 6) is -0.301. The van der Waals surface area contributed by atoms with Crippen LogP contribution >= 0.6 is 15.9 Å². The number of rotatable bonds is 4. The van der Waals surface area contributed by atoms with E-state index < -0.39 is 11.7 Å². The predicted octanol–water partition coefficient (Wildman–Crippen LogP) is 4.30. The fourth-order valence-corrected chi connectivity index (χ4v) is 2.81. The Balaban J connectivity index is 1.91. The molecule has 0 saturated heterocycles. The lowest BCUT2D eigenvalue weighted by atomic mass is 9.95. The van der Waals surface area contributed by atoms with Crippen molar-refractivity contribution in [2.45, 2.75) is 44.3 Å². The van der Waals surface area contributed by atoms with Crippen LogP contribution in [0.15, 0.2) is 22.7 Å². The van der Waals surface area contributed by atoms with Gasteiger partial charge in [-0.1, -0.05) is 19.3 Å². The summed E-state index contributed by atoms with van der Waals surface area (Å²) in [6, 6.07) is 3.25. The van der Waals surface area contributed by atoms with Crippen molar-refractivity contribution in [1.82, 2.24) is 5.32 Å². The third kappa shape index (κ3) is 4.90. The van der Waals surface area contributed by atoms with E-state index in [1.54, 1.807) is 0 Å². The summed E-state index contributed by atoms with van der Waals surface area (Å²) in [5.41, 5.74) is -0.807. The smallest absolute Gasteiger partial charge is 0.416 e. The minimum atomic E-state index is -4.44. The van der Waals surface area contributed by atoms with E-state index in [0.717, 1.165) is 37.8 Å². The molecule has 1 aliphatic carbocycles. The maximum absolute atomic E-state index is 12.7. The third-order valence-corrected chi connectivity index (χ3v) is 4.24. The largest absolute Gasteiger partial charge is 0.483 e. The van der Waals surface area contributed by atoms with Crippen molar-refractivity contribution >= 4 is 21.8 Å². The molecular weight excluding hydrogens is 363 g/mol. The number of hydrogen-bond acceptors (Lipinski definition) is 2. The van der Waals surface area contributed by atoms with Crippen molar-refractivity contribution in [3.05, 3.63) is 28.2 Å². The van der Waals surface area contributed by atoms with E-state index in [-0.39, 0.29) is 24.3 Å². The van der Waals surface area contributed by atoms with E-state index in [1.807, 2.05) is 0 Å². The predicted molar refractivity (Wildman–Crippen MR) is 79.7 cm³/mol. The van der Waals surface area contributed by atoms with Crippen LogP contribution in [0, 0.1) is 0 Å². The van der Waals surface area contributed by atoms with Gasteiger partial charge in [-0.2, -0.15) is 13.2 Å². The number of hydrogen-bond donors (Lipinski definition) is 1. The SMILES string of the molecule is O=C(COc1cc(C(F)(F)F)ccc1Br)NC1CCCCC1. The lowest BCUT2D eigenvalue weighted by molar-refractivity contribution is -0.137. The molecule has 1 aliphatic rings. The highest BCUT2D eigenvalue weighted by Gasteiger charge is 2.31. The first kappa shape index (κ1) is 17.1. The topological polar surface area (TPSA) is 38.3 Å². The lowest BCUT2D eigenvalue weighted by Crippen LogP contribution is -2.39. The molecule has 22 heavy (non-hydrogen) atoms. The van der Waals surface area contributed by atoms with Crippen LogP contribution in [0.4, 0.5) is 13.2 Å². The van der Waals surface area contributed by atoms with Crippen LogP contribution in [0.2, 0.25) is 0 Å². The summed E-state index contributed by atoms with van der Waals surface area (Å²) in [6.45, 7) is -0.295. The van der Waals surface area contributed by atoms with Crippen molar-refractivity contribution in [3.63, 3.8) is 0 Å². The average Bonchev–Trinajstić information content (AvgIpc) is 2.46. The van der Waals surface area contributed by atoms with Crippen molar-refractivity contribution < 1.29 is 22.7 Å². The van der Waals surface area contributed by atoms with E-state index in [4.69, 9.17) is 4.74 Å². The Bertz CT molecular complexity index is 528. The molecule has 1 saturated carbocycles. The van der Waals surface area contributed by atoms with Gasteiger partial charge in [0, 0.05) is 6.04 Å². The zero-order chi connectivity index (χ0) is 16.2. The van der Waals surface area contributed by atoms with Gasteiger partial charge in [0.15, 0.2) is 6.61 Å². The van der Waals surface area contributed by atoms with Gasteiger partial charge in [-0.25, -0.2) is 0 Å². The fourth-order valence-electron chi connectivity index (χ4n) is 2.45. The molecule has 122 valence electrons. The van der Waals surface area contributed by atoms with Gasteiger partial charge in [-0.3, -0.25) is 4.79 Å². The second kappa shape index (κ2) is 7.35. The summed E-state index contributed by atoms with van der Waals surface area (Å²) < 4.78 is 43.6. The number of ether oxygens (including phenoxy) is 1. The normalized spacial score (nSPS) is 16.4. The Labute approximate surface area is 135 Å². The van der Waals surface area contributed by atoms with Crippen LogP contribution in [0.1, 0.15) is 37.7 Å². The maximum Gasteiger partial charge on any atom is 0.416 e. The molecule has 1 aromatic rings. The molecule has 1 fully saturated rings. The molecule has 1 aromatic carbocycles. The van der Waals surface area contributed by atoms with Crippen LogP contribution in [0.25, 0.3) is 0 Å². The molecule has 0 unspecified atom stereocenters. The second-order valence-electron chi connectivity index (χ2n) is 5.33. The fraction of sp³-hybridized carbons (Fsp3) is 0.533. The van der Waals surface area contributed by atoms with Gasteiger partial charge in [0.05, 0.1) is 10.0 Å². The van der Waals surface area contributed by atoms with Gasteiger partial charge in [0.1, 0.15) is 5.75 Å². The highest BCUT2D eigenvalue weighted by molar-refractivity contribution is 9.10. The number of halogens is 4. The van der Waals surface area contributed by atoms with Crippen molar-refractivity contribution in [2.24, 2.45) is 0 Å². The minimum Gasteiger partial charge on any atom is -0.483 e. The lowest BCUT2D eigenvalue weighted by Gasteiger charge is -2.22. The molecular formula is C15H17BrF3NO2. The Hall–Kier alpha value is -1.24. The molecule has 2 rings (SSSR count). The number of alkyl halides is 3. The molecule has 1 N–H and O–H groups in total. The number of carbonyl (C=O) groups excluding carboxylic acids is 1. The van der Waals surface area contributed by atoms with E-state index in [0.29, 0.717) is 4.47 Å². The minimum absolute atomic E-state index is 0.00798. The first-order valence-electron chi connectivity index (χ1n) is 7.15. The average molecular weight is 380 g/mol. The Morgan fingerprint density at radius 1 is 1.27 bits per heavy atom. The van der Waals surface area contributed by atoms with E-state index in [1.165, 1.54) is 12.5 Å². The molecule has 3 nitrogen and oxygen atoms in total. The summed E-state index contributed by atoms with van der Waals surface area (Å²) in [5, 5.41) is 2.85.